The second-order valence-electron chi connectivity index (χ2n) is 5.25. The third-order valence-corrected chi connectivity index (χ3v) is 5.37. The number of aryl methyl sites for hydroxylation is 1. The number of hydrogen-bond donors (Lipinski definition) is 0. The standard InChI is InChI=1S/C18H21NS/c1-13-9-7-8-12-17(13)19-14(2)18(20-15(19)3)16-10-5-4-6-11-16/h4-12,14-15,18H,1-3H3/t14-,15?,18?/m0/s1/i3D3. The molecule has 1 nitrogen and oxygen atoms in total. The Morgan fingerprint density at radius 1 is 1.05 bits per heavy atom. The number of hydrogen-bond acceptors (Lipinski definition) is 2. The van der Waals surface area contributed by atoms with Gasteiger partial charge >= 0.3 is 0 Å². The van der Waals surface area contributed by atoms with Crippen LogP contribution in [0.25, 0.3) is 0 Å². The Morgan fingerprint density at radius 2 is 1.75 bits per heavy atom. The monoisotopic (exact) mass is 286 g/mol. The van der Waals surface area contributed by atoms with E-state index in [2.05, 4.69) is 24.0 Å². The summed E-state index contributed by atoms with van der Waals surface area (Å²) in [5.41, 5.74) is 3.32. The molecule has 0 bridgehead atoms. The van der Waals surface area contributed by atoms with Crippen molar-refractivity contribution in [1.82, 2.24) is 0 Å². The normalized spacial score (nSPS) is 28.8. The molecule has 2 heteroatoms. The molecule has 2 aromatic rings. The molecule has 3 atom stereocenters. The van der Waals surface area contributed by atoms with E-state index in [1.807, 2.05) is 49.4 Å². The fraction of sp³-hybridized carbons (Fsp3) is 0.333. The third kappa shape index (κ3) is 2.33. The first-order valence-corrected chi connectivity index (χ1v) is 7.88. The molecule has 2 aromatic carbocycles. The van der Waals surface area contributed by atoms with Gasteiger partial charge in [-0.25, -0.2) is 0 Å². The smallest absolute Gasteiger partial charge is 0.0733 e. The van der Waals surface area contributed by atoms with Crippen LogP contribution < -0.4 is 4.90 Å². The van der Waals surface area contributed by atoms with E-state index in [4.69, 9.17) is 4.11 Å². The van der Waals surface area contributed by atoms with E-state index >= 15 is 0 Å². The van der Waals surface area contributed by atoms with Gasteiger partial charge in [0.05, 0.1) is 10.6 Å². The summed E-state index contributed by atoms with van der Waals surface area (Å²) in [6, 6.07) is 18.4. The van der Waals surface area contributed by atoms with Gasteiger partial charge in [-0.3, -0.25) is 0 Å². The highest BCUT2D eigenvalue weighted by atomic mass is 32.2. The fourth-order valence-corrected chi connectivity index (χ4v) is 4.26. The molecule has 0 aliphatic carbocycles. The zero-order valence-corrected chi connectivity index (χ0v) is 12.6. The minimum absolute atomic E-state index is 0.119. The van der Waals surface area contributed by atoms with Gasteiger partial charge in [0.2, 0.25) is 0 Å². The molecule has 0 amide bonds. The SMILES string of the molecule is [2H]C([2H])([2H])C1SC(c2ccccc2)[C@H](C)N1c1ccccc1C. The Bertz CT molecular complexity index is 671. The summed E-state index contributed by atoms with van der Waals surface area (Å²) >= 11 is 1.55. The second-order valence-corrected chi connectivity index (χ2v) is 6.48. The molecule has 0 spiro atoms. The van der Waals surface area contributed by atoms with Crippen molar-refractivity contribution in [3.63, 3.8) is 0 Å². The van der Waals surface area contributed by atoms with Crippen LogP contribution in [0.15, 0.2) is 54.6 Å². The van der Waals surface area contributed by atoms with Crippen molar-refractivity contribution in [3.05, 3.63) is 65.7 Å². The molecule has 20 heavy (non-hydrogen) atoms. The molecule has 0 aromatic heterocycles. The molecular weight excluding hydrogens is 262 g/mol. The number of nitrogens with zero attached hydrogens (tertiary/aromatic N) is 1. The quantitative estimate of drug-likeness (QED) is 0.762. The van der Waals surface area contributed by atoms with Gasteiger partial charge < -0.3 is 4.90 Å². The van der Waals surface area contributed by atoms with Gasteiger partial charge in [-0.1, -0.05) is 48.5 Å². The maximum Gasteiger partial charge on any atom is 0.0733 e. The minimum atomic E-state index is -2.02. The maximum absolute atomic E-state index is 7.99. The van der Waals surface area contributed by atoms with Crippen LogP contribution >= 0.6 is 11.8 Å². The summed E-state index contributed by atoms with van der Waals surface area (Å²) in [5, 5.41) is -0.370. The highest BCUT2D eigenvalue weighted by Crippen LogP contribution is 2.48. The van der Waals surface area contributed by atoms with Gasteiger partial charge in [-0.15, -0.1) is 11.8 Å². The zero-order chi connectivity index (χ0) is 16.6. The van der Waals surface area contributed by atoms with Crippen molar-refractivity contribution >= 4 is 17.4 Å². The van der Waals surface area contributed by atoms with Crippen LogP contribution in [0.3, 0.4) is 0 Å². The summed E-state index contributed by atoms with van der Waals surface area (Å²) in [6.45, 7) is 2.15. The van der Waals surface area contributed by atoms with Crippen molar-refractivity contribution in [2.24, 2.45) is 0 Å². The average Bonchev–Trinajstić information content (AvgIpc) is 2.86. The lowest BCUT2D eigenvalue weighted by molar-refractivity contribution is 0.655. The fourth-order valence-electron chi connectivity index (χ4n) is 2.88. The van der Waals surface area contributed by atoms with Gasteiger partial charge in [0.15, 0.2) is 0 Å². The van der Waals surface area contributed by atoms with E-state index in [1.54, 1.807) is 11.8 Å². The minimum Gasteiger partial charge on any atom is -0.355 e. The van der Waals surface area contributed by atoms with Gasteiger partial charge in [0.1, 0.15) is 0 Å². The van der Waals surface area contributed by atoms with E-state index in [0.29, 0.717) is 0 Å². The lowest BCUT2D eigenvalue weighted by Gasteiger charge is -2.30. The lowest BCUT2D eigenvalue weighted by Crippen LogP contribution is -2.34. The van der Waals surface area contributed by atoms with Crippen LogP contribution in [-0.2, 0) is 0 Å². The molecule has 3 rings (SSSR count). The zero-order valence-electron chi connectivity index (χ0n) is 14.8. The van der Waals surface area contributed by atoms with Crippen LogP contribution in [0.5, 0.6) is 0 Å². The second kappa shape index (κ2) is 5.53. The van der Waals surface area contributed by atoms with Crippen molar-refractivity contribution in [1.29, 1.82) is 0 Å². The Kier molecular flexibility index (Phi) is 2.86. The van der Waals surface area contributed by atoms with Gasteiger partial charge in [-0.2, -0.15) is 0 Å². The topological polar surface area (TPSA) is 3.24 Å². The van der Waals surface area contributed by atoms with Crippen molar-refractivity contribution in [2.45, 2.75) is 37.4 Å². The van der Waals surface area contributed by atoms with Gasteiger partial charge in [0, 0.05) is 15.8 Å². The Labute approximate surface area is 130 Å². The first kappa shape index (κ1) is 10.3. The third-order valence-electron chi connectivity index (χ3n) is 3.93. The molecule has 0 saturated carbocycles. The number of benzene rings is 2. The van der Waals surface area contributed by atoms with E-state index in [-0.39, 0.29) is 11.3 Å². The molecule has 1 aliphatic rings. The summed E-state index contributed by atoms with van der Waals surface area (Å²) < 4.78 is 24.0. The first-order valence-electron chi connectivity index (χ1n) is 8.44. The number of rotatable bonds is 2. The van der Waals surface area contributed by atoms with Crippen LogP contribution in [0.4, 0.5) is 5.69 Å². The number of para-hydroxylation sites is 1. The summed E-state index contributed by atoms with van der Waals surface area (Å²) in [6.07, 6.45) is 0. The van der Waals surface area contributed by atoms with Crippen LogP contribution in [0, 0.1) is 6.92 Å². The van der Waals surface area contributed by atoms with Crippen molar-refractivity contribution < 1.29 is 4.11 Å². The molecule has 1 aliphatic heterocycles. The van der Waals surface area contributed by atoms with Crippen molar-refractivity contribution in [3.8, 4) is 0 Å². The first-order chi connectivity index (χ1) is 10.9. The Hall–Kier alpha value is -1.41. The highest BCUT2D eigenvalue weighted by Gasteiger charge is 2.38. The van der Waals surface area contributed by atoms with E-state index < -0.39 is 12.2 Å². The highest BCUT2D eigenvalue weighted by molar-refractivity contribution is 8.00. The molecule has 1 fully saturated rings. The van der Waals surface area contributed by atoms with Gasteiger partial charge in [0.25, 0.3) is 0 Å². The Balaban J connectivity index is 2.03. The molecule has 104 valence electrons. The number of thioether (sulfide) groups is 1. The molecular formula is C18H21NS. The van der Waals surface area contributed by atoms with E-state index in [0.717, 1.165) is 11.3 Å². The van der Waals surface area contributed by atoms with E-state index in [9.17, 15) is 0 Å². The lowest BCUT2D eigenvalue weighted by atomic mass is 10.0. The van der Waals surface area contributed by atoms with Crippen LogP contribution in [-0.4, -0.2) is 11.4 Å². The van der Waals surface area contributed by atoms with Gasteiger partial charge in [-0.05, 0) is 37.9 Å². The Morgan fingerprint density at radius 3 is 2.45 bits per heavy atom. The van der Waals surface area contributed by atoms with Crippen LogP contribution in [0.2, 0.25) is 0 Å². The summed E-state index contributed by atoms with van der Waals surface area (Å²) in [5.74, 6) is 0. The number of anilines is 1. The summed E-state index contributed by atoms with van der Waals surface area (Å²) in [7, 11) is 0. The molecule has 1 saturated heterocycles. The predicted molar refractivity (Wildman–Crippen MR) is 89.4 cm³/mol. The van der Waals surface area contributed by atoms with Crippen LogP contribution in [0.1, 0.15) is 34.3 Å². The molecule has 0 radical (unpaired) electrons. The molecule has 1 heterocycles. The molecule has 2 unspecified atom stereocenters. The average molecular weight is 286 g/mol. The van der Waals surface area contributed by atoms with Crippen molar-refractivity contribution in [2.75, 3.05) is 4.90 Å². The molecule has 0 N–H and O–H groups in total. The van der Waals surface area contributed by atoms with E-state index in [1.165, 1.54) is 5.56 Å². The predicted octanol–water partition coefficient (Wildman–Crippen LogP) is 5.02. The largest absolute Gasteiger partial charge is 0.355 e. The summed E-state index contributed by atoms with van der Waals surface area (Å²) in [4.78, 5) is 2.09. The maximum atomic E-state index is 7.99.